The first-order chi connectivity index (χ1) is 8.79. The normalized spacial score (nSPS) is 16.8. The molecular formula is C13H18N2O2S2. The van der Waals surface area contributed by atoms with E-state index in [-0.39, 0.29) is 0 Å². The molecule has 0 aromatic heterocycles. The number of thioether (sulfide) groups is 1. The molecule has 1 aromatic rings. The van der Waals surface area contributed by atoms with Gasteiger partial charge in [0.15, 0.2) is 5.17 Å². The highest BCUT2D eigenvalue weighted by molar-refractivity contribution is 8.14. The zero-order chi connectivity index (χ0) is 14.2. The molecule has 0 amide bonds. The minimum Gasteiger partial charge on any atom is -0.333 e. The van der Waals surface area contributed by atoms with Crippen LogP contribution >= 0.6 is 11.8 Å². The van der Waals surface area contributed by atoms with Gasteiger partial charge in [0.25, 0.3) is 10.0 Å². The standard InChI is InChI=1S/C13H18N2O2S2/c1-8(2)7-18-13-14-11-6-9(3)5-10(4)12(11)19(16,17)15-13/h5-6,8H,7H2,1-4H3,(H,14,15). The minimum atomic E-state index is -3.58. The fourth-order valence-corrected chi connectivity index (χ4v) is 4.38. The van der Waals surface area contributed by atoms with Crippen LogP contribution in [0.5, 0.6) is 0 Å². The third kappa shape index (κ3) is 3.12. The molecule has 1 aromatic carbocycles. The van der Waals surface area contributed by atoms with Gasteiger partial charge in [-0.15, -0.1) is 4.40 Å². The van der Waals surface area contributed by atoms with E-state index in [9.17, 15) is 8.42 Å². The van der Waals surface area contributed by atoms with E-state index >= 15 is 0 Å². The van der Waals surface area contributed by atoms with Gasteiger partial charge in [-0.2, -0.15) is 8.42 Å². The van der Waals surface area contributed by atoms with Crippen LogP contribution in [0.1, 0.15) is 25.0 Å². The molecule has 0 aliphatic carbocycles. The Labute approximate surface area is 118 Å². The largest absolute Gasteiger partial charge is 0.333 e. The van der Waals surface area contributed by atoms with Crippen LogP contribution in [0.2, 0.25) is 0 Å². The van der Waals surface area contributed by atoms with Crippen LogP contribution in [0.4, 0.5) is 5.69 Å². The van der Waals surface area contributed by atoms with E-state index in [1.165, 1.54) is 11.8 Å². The zero-order valence-corrected chi connectivity index (χ0v) is 13.2. The number of hydrogen-bond acceptors (Lipinski definition) is 4. The van der Waals surface area contributed by atoms with Crippen LogP contribution < -0.4 is 5.32 Å². The van der Waals surface area contributed by atoms with Crippen molar-refractivity contribution in [2.45, 2.75) is 32.6 Å². The molecule has 6 heteroatoms. The molecule has 0 saturated carbocycles. The SMILES string of the molecule is Cc1cc(C)c2c(c1)NC(SCC(C)C)=NS2(=O)=O. The van der Waals surface area contributed by atoms with Crippen molar-refractivity contribution in [2.75, 3.05) is 11.1 Å². The monoisotopic (exact) mass is 298 g/mol. The number of sulfonamides is 1. The summed E-state index contributed by atoms with van der Waals surface area (Å²) in [6.07, 6.45) is 0. The summed E-state index contributed by atoms with van der Waals surface area (Å²) in [7, 11) is -3.58. The van der Waals surface area contributed by atoms with Crippen LogP contribution in [-0.4, -0.2) is 19.3 Å². The lowest BCUT2D eigenvalue weighted by Crippen LogP contribution is -2.20. The lowest BCUT2D eigenvalue weighted by molar-refractivity contribution is 0.597. The van der Waals surface area contributed by atoms with Gasteiger partial charge in [-0.1, -0.05) is 31.7 Å². The quantitative estimate of drug-likeness (QED) is 0.911. The number of anilines is 1. The van der Waals surface area contributed by atoms with Crippen LogP contribution in [0.3, 0.4) is 0 Å². The van der Waals surface area contributed by atoms with E-state index < -0.39 is 10.0 Å². The Balaban J connectivity index is 2.41. The third-order valence-corrected chi connectivity index (χ3v) is 5.57. The predicted molar refractivity (Wildman–Crippen MR) is 81.5 cm³/mol. The molecule has 1 heterocycles. The van der Waals surface area contributed by atoms with Gasteiger partial charge in [0.05, 0.1) is 5.69 Å². The van der Waals surface area contributed by atoms with Gasteiger partial charge in [-0.25, -0.2) is 0 Å². The van der Waals surface area contributed by atoms with Crippen molar-refractivity contribution in [3.63, 3.8) is 0 Å². The topological polar surface area (TPSA) is 58.5 Å². The van der Waals surface area contributed by atoms with Crippen molar-refractivity contribution in [2.24, 2.45) is 10.3 Å². The molecular weight excluding hydrogens is 280 g/mol. The maximum absolute atomic E-state index is 12.2. The van der Waals surface area contributed by atoms with Crippen molar-refractivity contribution in [3.8, 4) is 0 Å². The highest BCUT2D eigenvalue weighted by Gasteiger charge is 2.27. The fourth-order valence-electron chi connectivity index (χ4n) is 1.99. The Hall–Kier alpha value is -1.01. The number of nitrogens with one attached hydrogen (secondary N) is 1. The molecule has 0 bridgehead atoms. The van der Waals surface area contributed by atoms with Gasteiger partial charge in [-0.3, -0.25) is 0 Å². The van der Waals surface area contributed by atoms with E-state index in [4.69, 9.17) is 0 Å². The zero-order valence-electron chi connectivity index (χ0n) is 11.5. The Kier molecular flexibility index (Phi) is 3.92. The number of benzene rings is 1. The van der Waals surface area contributed by atoms with Crippen molar-refractivity contribution in [1.82, 2.24) is 0 Å². The number of nitrogens with zero attached hydrogens (tertiary/aromatic N) is 1. The van der Waals surface area contributed by atoms with Gasteiger partial charge in [0.2, 0.25) is 0 Å². The van der Waals surface area contributed by atoms with Crippen molar-refractivity contribution >= 4 is 32.6 Å². The first-order valence-corrected chi connectivity index (χ1v) is 8.58. The summed E-state index contributed by atoms with van der Waals surface area (Å²) in [5.74, 6) is 1.32. The average Bonchev–Trinajstić information content (AvgIpc) is 2.23. The Morgan fingerprint density at radius 1 is 1.32 bits per heavy atom. The summed E-state index contributed by atoms with van der Waals surface area (Å²) in [5, 5.41) is 3.59. The molecule has 104 valence electrons. The van der Waals surface area contributed by atoms with Gasteiger partial charge in [0, 0.05) is 5.75 Å². The van der Waals surface area contributed by atoms with E-state index in [2.05, 4.69) is 23.6 Å². The summed E-state index contributed by atoms with van der Waals surface area (Å²) in [5.41, 5.74) is 2.41. The average molecular weight is 298 g/mol. The molecule has 1 N–H and O–H groups in total. The van der Waals surface area contributed by atoms with E-state index in [1.807, 2.05) is 19.1 Å². The molecule has 1 aliphatic rings. The van der Waals surface area contributed by atoms with E-state index in [0.29, 0.717) is 21.7 Å². The fraction of sp³-hybridized carbons (Fsp3) is 0.462. The van der Waals surface area contributed by atoms with Crippen LogP contribution in [0.15, 0.2) is 21.4 Å². The van der Waals surface area contributed by atoms with Crippen LogP contribution in [-0.2, 0) is 10.0 Å². The first-order valence-electron chi connectivity index (χ1n) is 6.15. The molecule has 0 saturated heterocycles. The summed E-state index contributed by atoms with van der Waals surface area (Å²) < 4.78 is 28.3. The Bertz CT molecular complexity index is 634. The second-order valence-corrected chi connectivity index (χ2v) is 7.71. The summed E-state index contributed by atoms with van der Waals surface area (Å²) in [6.45, 7) is 7.93. The highest BCUT2D eigenvalue weighted by atomic mass is 32.2. The number of aryl methyl sites for hydroxylation is 2. The van der Waals surface area contributed by atoms with Crippen molar-refractivity contribution in [3.05, 3.63) is 23.3 Å². The molecule has 19 heavy (non-hydrogen) atoms. The summed E-state index contributed by atoms with van der Waals surface area (Å²) >= 11 is 1.44. The number of fused-ring (bicyclic) bond motifs is 1. The van der Waals surface area contributed by atoms with Gasteiger partial charge in [0.1, 0.15) is 4.90 Å². The summed E-state index contributed by atoms with van der Waals surface area (Å²) in [4.78, 5) is 0.298. The van der Waals surface area contributed by atoms with Crippen molar-refractivity contribution < 1.29 is 8.42 Å². The van der Waals surface area contributed by atoms with Crippen LogP contribution in [0, 0.1) is 19.8 Å². The molecule has 0 radical (unpaired) electrons. The molecule has 0 fully saturated rings. The second kappa shape index (κ2) is 5.17. The minimum absolute atomic E-state index is 0.298. The van der Waals surface area contributed by atoms with E-state index in [1.54, 1.807) is 6.92 Å². The molecule has 1 aliphatic heterocycles. The second-order valence-electron chi connectivity index (χ2n) is 5.16. The molecule has 0 spiro atoms. The van der Waals surface area contributed by atoms with Crippen LogP contribution in [0.25, 0.3) is 0 Å². The number of rotatable bonds is 2. The van der Waals surface area contributed by atoms with Gasteiger partial charge in [-0.05, 0) is 37.0 Å². The van der Waals surface area contributed by atoms with E-state index in [0.717, 1.165) is 16.9 Å². The number of amidine groups is 1. The smallest absolute Gasteiger partial charge is 0.287 e. The maximum atomic E-state index is 12.2. The van der Waals surface area contributed by atoms with Gasteiger partial charge < -0.3 is 5.32 Å². The molecule has 2 rings (SSSR count). The lowest BCUT2D eigenvalue weighted by Gasteiger charge is -2.20. The highest BCUT2D eigenvalue weighted by Crippen LogP contribution is 2.33. The van der Waals surface area contributed by atoms with Crippen molar-refractivity contribution in [1.29, 1.82) is 0 Å². The summed E-state index contributed by atoms with van der Waals surface area (Å²) in [6, 6.07) is 3.71. The Morgan fingerprint density at radius 2 is 2.00 bits per heavy atom. The maximum Gasteiger partial charge on any atom is 0.287 e. The molecule has 0 atom stereocenters. The molecule has 4 nitrogen and oxygen atoms in total. The lowest BCUT2D eigenvalue weighted by atomic mass is 10.1. The first kappa shape index (κ1) is 14.4. The van der Waals surface area contributed by atoms with Gasteiger partial charge >= 0.3 is 0 Å². The Morgan fingerprint density at radius 3 is 2.63 bits per heavy atom. The molecule has 0 unspecified atom stereocenters. The predicted octanol–water partition coefficient (Wildman–Crippen LogP) is 3.16. The number of hydrogen-bond donors (Lipinski definition) is 1. The third-order valence-electron chi connectivity index (χ3n) is 2.67.